The number of carbonyl (C=O) groups is 2. The predicted molar refractivity (Wildman–Crippen MR) is 35.2 cm³/mol. The van der Waals surface area contributed by atoms with E-state index in [2.05, 4.69) is 0 Å². The van der Waals surface area contributed by atoms with E-state index < -0.39 is 22.7 Å². The second-order valence-corrected chi connectivity index (χ2v) is 1.57. The van der Waals surface area contributed by atoms with Crippen LogP contribution >= 0.6 is 0 Å². The smallest absolute Gasteiger partial charge is 0.750 e. The van der Waals surface area contributed by atoms with Crippen molar-refractivity contribution < 1.29 is 95.3 Å². The van der Waals surface area contributed by atoms with Crippen molar-refractivity contribution in [3.05, 3.63) is 0 Å². The molecule has 14 heavy (non-hydrogen) atoms. The summed E-state index contributed by atoms with van der Waals surface area (Å²) < 4.78 is 48.2. The van der Waals surface area contributed by atoms with Crippen LogP contribution in [0.3, 0.4) is 0 Å². The molecule has 0 fully saturated rings. The van der Waals surface area contributed by atoms with Crippen LogP contribution in [0.25, 0.3) is 0 Å². The van der Waals surface area contributed by atoms with Gasteiger partial charge in [-0.05, 0) is 0 Å². The van der Waals surface area contributed by atoms with Crippen LogP contribution in [0.15, 0.2) is 0 Å². The van der Waals surface area contributed by atoms with Crippen molar-refractivity contribution in [3.8, 4) is 0 Å². The van der Waals surface area contributed by atoms with Gasteiger partial charge in [0.2, 0.25) is 0 Å². The summed E-state index contributed by atoms with van der Waals surface area (Å²) in [4.78, 5) is 17.6. The summed E-state index contributed by atoms with van der Waals surface area (Å²) in [6.45, 7) is 0. The quantitative estimate of drug-likeness (QED) is 0.205. The second-order valence-electron chi connectivity index (χ2n) is 0.706. The van der Waals surface area contributed by atoms with Crippen LogP contribution in [0.5, 0.6) is 0 Å². The zero-order chi connectivity index (χ0) is 10.6. The third kappa shape index (κ3) is 341. The molecule has 0 aromatic carbocycles. The summed E-state index contributed by atoms with van der Waals surface area (Å²) >= 11 is -5.72. The molecule has 0 saturated carbocycles. The fourth-order valence-electron chi connectivity index (χ4n) is 0. The Balaban J connectivity index is -0.0000000270. The van der Waals surface area contributed by atoms with E-state index >= 15 is 0 Å². The van der Waals surface area contributed by atoms with Crippen LogP contribution in [0.2, 0.25) is 0 Å². The van der Waals surface area contributed by atoms with Crippen LogP contribution in [-0.2, 0) is 32.3 Å². The van der Waals surface area contributed by atoms with Gasteiger partial charge in [-0.2, -0.15) is 0 Å². The van der Waals surface area contributed by atoms with Crippen molar-refractivity contribution in [2.45, 2.75) is 0 Å². The van der Waals surface area contributed by atoms with Gasteiger partial charge in [0.05, 0.1) is 22.7 Å². The van der Waals surface area contributed by atoms with E-state index in [-0.39, 0.29) is 71.7 Å². The zero-order valence-corrected chi connectivity index (χ0v) is 12.9. The SMILES string of the molecule is O=CC=O.O=S([O-])O.O=S([O-])O.[Na+].[Na+]. The standard InChI is InChI=1S/C2H2O2.2Na.2H2O3S/c3-1-2-4;;;2*1-4(2)3/h1-2H;;;2*(H2,1,2,3)/q;2*+1;;/p-2. The molecule has 0 rings (SSSR count). The molecule has 0 aromatic heterocycles. The molecule has 0 aromatic rings. The van der Waals surface area contributed by atoms with Crippen LogP contribution in [0.1, 0.15) is 0 Å². The largest absolute Gasteiger partial charge is 1.00 e. The number of rotatable bonds is 1. The summed E-state index contributed by atoms with van der Waals surface area (Å²) in [5, 5.41) is 0. The van der Waals surface area contributed by atoms with Crippen molar-refractivity contribution >= 4 is 35.3 Å². The molecule has 0 spiro atoms. The first-order chi connectivity index (χ1) is 5.38. The molecule has 0 amide bonds. The summed E-state index contributed by atoms with van der Waals surface area (Å²) in [5.41, 5.74) is 0. The van der Waals surface area contributed by atoms with Crippen molar-refractivity contribution in [1.82, 2.24) is 0 Å². The molecule has 74 valence electrons. The molecule has 0 radical (unpaired) electrons. The molecule has 0 aliphatic heterocycles. The fourth-order valence-corrected chi connectivity index (χ4v) is 0. The Morgan fingerprint density at radius 1 is 0.857 bits per heavy atom. The maximum absolute atomic E-state index is 8.81. The molecule has 2 N–H and O–H groups in total. The average Bonchev–Trinajstić information content (AvgIpc) is 1.85. The topological polar surface area (TPSA) is 155 Å². The molecular formula is C2H4Na2O8S2. The van der Waals surface area contributed by atoms with Crippen LogP contribution in [0, 0.1) is 0 Å². The number of aldehydes is 2. The second kappa shape index (κ2) is 29.3. The van der Waals surface area contributed by atoms with E-state index in [1.165, 1.54) is 0 Å². The van der Waals surface area contributed by atoms with E-state index in [4.69, 9.17) is 36.2 Å². The minimum atomic E-state index is -2.86. The van der Waals surface area contributed by atoms with Gasteiger partial charge in [0.25, 0.3) is 0 Å². The van der Waals surface area contributed by atoms with Gasteiger partial charge < -0.3 is 18.2 Å². The molecule has 12 heteroatoms. The first-order valence-electron chi connectivity index (χ1n) is 1.84. The van der Waals surface area contributed by atoms with Gasteiger partial charge in [-0.1, -0.05) is 0 Å². The van der Waals surface area contributed by atoms with Crippen LogP contribution in [0.4, 0.5) is 0 Å². The Bertz CT molecular complexity index is 135. The zero-order valence-electron chi connectivity index (χ0n) is 7.32. The van der Waals surface area contributed by atoms with Gasteiger partial charge in [-0.15, -0.1) is 0 Å². The van der Waals surface area contributed by atoms with Crippen molar-refractivity contribution in [2.75, 3.05) is 0 Å². The van der Waals surface area contributed by atoms with E-state index in [9.17, 15) is 0 Å². The third-order valence-electron chi connectivity index (χ3n) is 0.0556. The molecule has 0 aliphatic rings. The fraction of sp³-hybridized carbons (Fsp3) is 0. The molecule has 2 atom stereocenters. The molecule has 0 saturated heterocycles. The Morgan fingerprint density at radius 2 is 0.929 bits per heavy atom. The molecule has 0 heterocycles. The number of hydrogen-bond acceptors (Lipinski definition) is 6. The Hall–Kier alpha value is 1.48. The summed E-state index contributed by atoms with van der Waals surface area (Å²) in [6, 6.07) is 0. The Labute approximate surface area is 129 Å². The number of hydrogen-bond donors (Lipinski definition) is 2. The average molecular weight is 266 g/mol. The summed E-state index contributed by atoms with van der Waals surface area (Å²) in [7, 11) is 0. The molecule has 0 aliphatic carbocycles. The monoisotopic (exact) mass is 266 g/mol. The molecular weight excluding hydrogens is 262 g/mol. The third-order valence-corrected chi connectivity index (χ3v) is 0.0556. The van der Waals surface area contributed by atoms with Crippen molar-refractivity contribution in [2.24, 2.45) is 0 Å². The van der Waals surface area contributed by atoms with Crippen molar-refractivity contribution in [3.63, 3.8) is 0 Å². The van der Waals surface area contributed by atoms with Gasteiger partial charge in [0.1, 0.15) is 0 Å². The Kier molecular flexibility index (Phi) is 61.8. The summed E-state index contributed by atoms with van der Waals surface area (Å²) in [6.07, 6.45) is 0.389. The normalized spacial score (nSPS) is 10.3. The molecule has 2 unspecified atom stereocenters. The van der Waals surface area contributed by atoms with Gasteiger partial charge in [-0.3, -0.25) is 9.59 Å². The van der Waals surface area contributed by atoms with Gasteiger partial charge in [-0.25, -0.2) is 8.42 Å². The maximum Gasteiger partial charge on any atom is 1.00 e. The van der Waals surface area contributed by atoms with E-state index in [1.807, 2.05) is 0 Å². The van der Waals surface area contributed by atoms with Gasteiger partial charge in [0.15, 0.2) is 12.6 Å². The first kappa shape index (κ1) is 29.6. The maximum atomic E-state index is 8.81. The van der Waals surface area contributed by atoms with E-state index in [1.54, 1.807) is 0 Å². The van der Waals surface area contributed by atoms with Crippen LogP contribution < -0.4 is 59.1 Å². The number of carbonyl (C=O) groups excluding carboxylic acids is 2. The van der Waals surface area contributed by atoms with Crippen LogP contribution in [-0.4, -0.2) is 39.2 Å². The molecule has 0 bridgehead atoms. The van der Waals surface area contributed by atoms with E-state index in [0.717, 1.165) is 0 Å². The first-order valence-corrected chi connectivity index (χ1v) is 3.90. The van der Waals surface area contributed by atoms with E-state index in [0.29, 0.717) is 0 Å². The van der Waals surface area contributed by atoms with Gasteiger partial charge in [0, 0.05) is 0 Å². The minimum Gasteiger partial charge on any atom is -0.750 e. The Morgan fingerprint density at radius 3 is 0.929 bits per heavy atom. The predicted octanol–water partition coefficient (Wildman–Crippen LogP) is -7.93. The molecule has 8 nitrogen and oxygen atoms in total. The van der Waals surface area contributed by atoms with Crippen molar-refractivity contribution in [1.29, 1.82) is 0 Å². The van der Waals surface area contributed by atoms with Gasteiger partial charge >= 0.3 is 59.1 Å². The summed E-state index contributed by atoms with van der Waals surface area (Å²) in [5.74, 6) is 0. The minimum absolute atomic E-state index is 0.